The average molecular weight is 294 g/mol. The predicted molar refractivity (Wildman–Crippen MR) is 79.1 cm³/mol. The van der Waals surface area contributed by atoms with E-state index in [4.69, 9.17) is 14.2 Å². The van der Waals surface area contributed by atoms with E-state index in [1.54, 1.807) is 39.3 Å². The smallest absolute Gasteiger partial charge is 0.263 e. The number of hydrogen-bond donors (Lipinski definition) is 1. The van der Waals surface area contributed by atoms with Gasteiger partial charge in [-0.25, -0.2) is 0 Å². The fourth-order valence-electron chi connectivity index (χ4n) is 2.25. The van der Waals surface area contributed by atoms with Crippen molar-refractivity contribution in [2.24, 2.45) is 0 Å². The number of amides is 1. The van der Waals surface area contributed by atoms with Gasteiger partial charge in [0.1, 0.15) is 17.2 Å². The summed E-state index contributed by atoms with van der Waals surface area (Å²) in [5.74, 6) is 1.82. The molecule has 1 unspecified atom stereocenters. The van der Waals surface area contributed by atoms with E-state index < -0.39 is 6.10 Å². The molecule has 6 heteroatoms. The number of nitrogens with zero attached hydrogens (tertiary/aromatic N) is 1. The van der Waals surface area contributed by atoms with Crippen LogP contribution in [0.3, 0.4) is 0 Å². The number of benzene rings is 1. The number of methoxy groups -OCH3 is 2. The minimum atomic E-state index is -0.542. The SMILES string of the molecule is COc1cc(OC)cc(OC(C)C(=O)N2CCNCC2)c1. The van der Waals surface area contributed by atoms with E-state index in [0.717, 1.165) is 13.1 Å². The zero-order chi connectivity index (χ0) is 15.2. The molecule has 0 radical (unpaired) electrons. The number of hydrogen-bond acceptors (Lipinski definition) is 5. The molecule has 116 valence electrons. The summed E-state index contributed by atoms with van der Waals surface area (Å²) in [6.07, 6.45) is -0.542. The maximum Gasteiger partial charge on any atom is 0.263 e. The Labute approximate surface area is 125 Å². The summed E-state index contributed by atoms with van der Waals surface area (Å²) in [4.78, 5) is 14.1. The van der Waals surface area contributed by atoms with Crippen LogP contribution in [0.25, 0.3) is 0 Å². The average Bonchev–Trinajstić information content (AvgIpc) is 2.54. The summed E-state index contributed by atoms with van der Waals surface area (Å²) in [5.41, 5.74) is 0. The van der Waals surface area contributed by atoms with Gasteiger partial charge in [-0.1, -0.05) is 0 Å². The van der Waals surface area contributed by atoms with Gasteiger partial charge in [0.25, 0.3) is 5.91 Å². The third-order valence-electron chi connectivity index (χ3n) is 3.41. The van der Waals surface area contributed by atoms with Crippen molar-refractivity contribution in [2.45, 2.75) is 13.0 Å². The summed E-state index contributed by atoms with van der Waals surface area (Å²) >= 11 is 0. The molecule has 1 saturated heterocycles. The van der Waals surface area contributed by atoms with Crippen LogP contribution in [0.15, 0.2) is 18.2 Å². The Morgan fingerprint density at radius 1 is 1.10 bits per heavy atom. The Morgan fingerprint density at radius 3 is 2.14 bits per heavy atom. The van der Waals surface area contributed by atoms with Crippen molar-refractivity contribution in [3.05, 3.63) is 18.2 Å². The number of carbonyl (C=O) groups excluding carboxylic acids is 1. The standard InChI is InChI=1S/C15H22N2O4/c1-11(15(18)17-6-4-16-5-7-17)21-14-9-12(19-2)8-13(10-14)20-3/h8-11,16H,4-7H2,1-3H3. The minimum absolute atomic E-state index is 0.00159. The van der Waals surface area contributed by atoms with Gasteiger partial charge in [0.05, 0.1) is 14.2 Å². The van der Waals surface area contributed by atoms with E-state index in [0.29, 0.717) is 30.3 Å². The number of ether oxygens (including phenoxy) is 3. The molecule has 1 aromatic carbocycles. The maximum absolute atomic E-state index is 12.3. The Kier molecular flexibility index (Phi) is 5.27. The highest BCUT2D eigenvalue weighted by Gasteiger charge is 2.23. The Bertz CT molecular complexity index is 464. The van der Waals surface area contributed by atoms with E-state index in [-0.39, 0.29) is 5.91 Å². The summed E-state index contributed by atoms with van der Waals surface area (Å²) in [7, 11) is 3.15. The summed E-state index contributed by atoms with van der Waals surface area (Å²) in [6, 6.07) is 5.24. The van der Waals surface area contributed by atoms with Gasteiger partial charge in [-0.15, -0.1) is 0 Å². The molecule has 1 aromatic rings. The minimum Gasteiger partial charge on any atom is -0.496 e. The molecule has 0 aromatic heterocycles. The lowest BCUT2D eigenvalue weighted by atomic mass is 10.2. The zero-order valence-corrected chi connectivity index (χ0v) is 12.7. The van der Waals surface area contributed by atoms with Crippen molar-refractivity contribution in [1.29, 1.82) is 0 Å². The van der Waals surface area contributed by atoms with Crippen LogP contribution in [0.1, 0.15) is 6.92 Å². The van der Waals surface area contributed by atoms with Gasteiger partial charge < -0.3 is 24.4 Å². The highest BCUT2D eigenvalue weighted by Crippen LogP contribution is 2.28. The fraction of sp³-hybridized carbons (Fsp3) is 0.533. The predicted octanol–water partition coefficient (Wildman–Crippen LogP) is 0.903. The topological polar surface area (TPSA) is 60.0 Å². The van der Waals surface area contributed by atoms with Gasteiger partial charge >= 0.3 is 0 Å². The van der Waals surface area contributed by atoms with E-state index in [2.05, 4.69) is 5.32 Å². The highest BCUT2D eigenvalue weighted by atomic mass is 16.5. The first-order valence-electron chi connectivity index (χ1n) is 7.03. The van der Waals surface area contributed by atoms with Crippen LogP contribution in [-0.2, 0) is 4.79 Å². The molecular formula is C15H22N2O4. The van der Waals surface area contributed by atoms with Crippen molar-refractivity contribution in [1.82, 2.24) is 10.2 Å². The van der Waals surface area contributed by atoms with Crippen LogP contribution in [0.5, 0.6) is 17.2 Å². The molecule has 0 bridgehead atoms. The third kappa shape index (κ3) is 4.01. The summed E-state index contributed by atoms with van der Waals surface area (Å²) in [6.45, 7) is 4.84. The molecule has 1 heterocycles. The fourth-order valence-corrected chi connectivity index (χ4v) is 2.25. The van der Waals surface area contributed by atoms with Gasteiger partial charge in [0.15, 0.2) is 6.10 Å². The van der Waals surface area contributed by atoms with Crippen molar-refractivity contribution >= 4 is 5.91 Å². The number of carbonyl (C=O) groups is 1. The Balaban J connectivity index is 2.04. The van der Waals surface area contributed by atoms with Crippen LogP contribution in [0.4, 0.5) is 0 Å². The first-order valence-corrected chi connectivity index (χ1v) is 7.03. The number of rotatable bonds is 5. The summed E-state index contributed by atoms with van der Waals surface area (Å²) in [5, 5.41) is 3.22. The van der Waals surface area contributed by atoms with Gasteiger partial charge in [0.2, 0.25) is 0 Å². The van der Waals surface area contributed by atoms with Crippen LogP contribution < -0.4 is 19.5 Å². The molecule has 0 aliphatic carbocycles. The molecule has 6 nitrogen and oxygen atoms in total. The van der Waals surface area contributed by atoms with Crippen molar-refractivity contribution in [3.8, 4) is 17.2 Å². The lowest BCUT2D eigenvalue weighted by Crippen LogP contribution is -2.50. The molecule has 0 spiro atoms. The number of piperazine rings is 1. The third-order valence-corrected chi connectivity index (χ3v) is 3.41. The maximum atomic E-state index is 12.3. The van der Waals surface area contributed by atoms with E-state index in [1.165, 1.54) is 0 Å². The molecule has 0 saturated carbocycles. The second-order valence-electron chi connectivity index (χ2n) is 4.88. The van der Waals surface area contributed by atoms with Crippen LogP contribution in [0.2, 0.25) is 0 Å². The molecule has 2 rings (SSSR count). The first kappa shape index (κ1) is 15.4. The molecule has 1 fully saturated rings. The van der Waals surface area contributed by atoms with E-state index in [1.807, 2.05) is 4.90 Å². The van der Waals surface area contributed by atoms with Gasteiger partial charge in [-0.2, -0.15) is 0 Å². The van der Waals surface area contributed by atoms with Crippen molar-refractivity contribution in [2.75, 3.05) is 40.4 Å². The second-order valence-corrected chi connectivity index (χ2v) is 4.88. The number of nitrogens with one attached hydrogen (secondary N) is 1. The largest absolute Gasteiger partial charge is 0.496 e. The monoisotopic (exact) mass is 294 g/mol. The lowest BCUT2D eigenvalue weighted by molar-refractivity contribution is -0.138. The van der Waals surface area contributed by atoms with Gasteiger partial charge in [-0.05, 0) is 6.92 Å². The van der Waals surface area contributed by atoms with Gasteiger partial charge in [0, 0.05) is 44.4 Å². The quantitative estimate of drug-likeness (QED) is 0.874. The molecule has 1 amide bonds. The molecule has 1 aliphatic rings. The zero-order valence-electron chi connectivity index (χ0n) is 12.7. The van der Waals surface area contributed by atoms with Crippen molar-refractivity contribution < 1.29 is 19.0 Å². The van der Waals surface area contributed by atoms with Crippen LogP contribution in [0, 0.1) is 0 Å². The highest BCUT2D eigenvalue weighted by molar-refractivity contribution is 5.81. The van der Waals surface area contributed by atoms with E-state index in [9.17, 15) is 4.79 Å². The summed E-state index contributed by atoms with van der Waals surface area (Å²) < 4.78 is 16.1. The second kappa shape index (κ2) is 7.17. The molecule has 1 atom stereocenters. The molecule has 1 N–H and O–H groups in total. The van der Waals surface area contributed by atoms with Crippen molar-refractivity contribution in [3.63, 3.8) is 0 Å². The first-order chi connectivity index (χ1) is 10.1. The Morgan fingerprint density at radius 2 is 1.62 bits per heavy atom. The molecule has 1 aliphatic heterocycles. The normalized spacial score (nSPS) is 16.2. The van der Waals surface area contributed by atoms with E-state index >= 15 is 0 Å². The molecular weight excluding hydrogens is 272 g/mol. The van der Waals surface area contributed by atoms with Crippen LogP contribution in [-0.4, -0.2) is 57.3 Å². The lowest BCUT2D eigenvalue weighted by Gasteiger charge is -2.29. The van der Waals surface area contributed by atoms with Crippen LogP contribution >= 0.6 is 0 Å². The Hall–Kier alpha value is -1.95. The van der Waals surface area contributed by atoms with Gasteiger partial charge in [-0.3, -0.25) is 4.79 Å². The molecule has 21 heavy (non-hydrogen) atoms.